The zero-order valence-corrected chi connectivity index (χ0v) is 16.3. The summed E-state index contributed by atoms with van der Waals surface area (Å²) in [4.78, 5) is 36.8. The van der Waals surface area contributed by atoms with E-state index >= 15 is 0 Å². The van der Waals surface area contributed by atoms with Crippen molar-refractivity contribution in [3.05, 3.63) is 46.8 Å². The molecule has 2 N–H and O–H groups in total. The largest absolute Gasteiger partial charge is 0.480 e. The van der Waals surface area contributed by atoms with Crippen LogP contribution in [0, 0.1) is 5.92 Å². The first-order chi connectivity index (χ1) is 12.8. The Hall–Kier alpha value is -2.61. The highest BCUT2D eigenvalue weighted by molar-refractivity contribution is 7.98. The second kappa shape index (κ2) is 9.36. The summed E-state index contributed by atoms with van der Waals surface area (Å²) in [6.45, 7) is 3.27. The first-order valence-corrected chi connectivity index (χ1v) is 9.83. The van der Waals surface area contributed by atoms with Crippen molar-refractivity contribution in [1.82, 2.24) is 15.1 Å². The molecule has 0 fully saturated rings. The Morgan fingerprint density at radius 3 is 2.44 bits per heavy atom. The van der Waals surface area contributed by atoms with Crippen LogP contribution < -0.4 is 10.9 Å². The van der Waals surface area contributed by atoms with Crippen molar-refractivity contribution in [2.24, 2.45) is 5.92 Å². The van der Waals surface area contributed by atoms with Crippen molar-refractivity contribution in [1.29, 1.82) is 0 Å². The van der Waals surface area contributed by atoms with E-state index in [1.807, 2.05) is 37.4 Å². The lowest BCUT2D eigenvalue weighted by Crippen LogP contribution is -2.47. The molecule has 144 valence electrons. The van der Waals surface area contributed by atoms with E-state index < -0.39 is 23.5 Å². The second-order valence-corrected chi connectivity index (χ2v) is 7.09. The molecule has 1 aromatic carbocycles. The molecule has 1 aromatic heterocycles. The van der Waals surface area contributed by atoms with Gasteiger partial charge in [0, 0.05) is 16.5 Å². The minimum atomic E-state index is -1.10. The monoisotopic (exact) mass is 389 g/mol. The Morgan fingerprint density at radius 2 is 1.89 bits per heavy atom. The molecule has 0 aliphatic heterocycles. The molecule has 0 aliphatic rings. The second-order valence-electron chi connectivity index (χ2n) is 6.21. The highest BCUT2D eigenvalue weighted by atomic mass is 32.2. The Labute approximate surface area is 161 Å². The normalized spacial score (nSPS) is 13.0. The molecule has 0 saturated heterocycles. The molecule has 7 nitrogen and oxygen atoms in total. The fraction of sp³-hybridized carbons (Fsp3) is 0.368. The van der Waals surface area contributed by atoms with Gasteiger partial charge in [-0.2, -0.15) is 5.10 Å². The number of aliphatic carboxylic acids is 1. The third-order valence-electron chi connectivity index (χ3n) is 4.34. The number of thioether (sulfide) groups is 1. The van der Waals surface area contributed by atoms with Crippen LogP contribution in [0.4, 0.5) is 0 Å². The molecule has 27 heavy (non-hydrogen) atoms. The van der Waals surface area contributed by atoms with E-state index in [1.165, 1.54) is 6.07 Å². The van der Waals surface area contributed by atoms with Crippen molar-refractivity contribution < 1.29 is 14.7 Å². The Morgan fingerprint density at radius 1 is 1.22 bits per heavy atom. The van der Waals surface area contributed by atoms with E-state index in [0.717, 1.165) is 15.1 Å². The molecule has 0 spiro atoms. The predicted octanol–water partition coefficient (Wildman–Crippen LogP) is 2.25. The van der Waals surface area contributed by atoms with Crippen molar-refractivity contribution >= 4 is 23.6 Å². The highest BCUT2D eigenvalue weighted by Crippen LogP contribution is 2.20. The Bertz CT molecular complexity index is 864. The number of amides is 1. The Balaban J connectivity index is 2.19. The van der Waals surface area contributed by atoms with Crippen LogP contribution >= 0.6 is 11.8 Å². The zero-order valence-electron chi connectivity index (χ0n) is 15.5. The topological polar surface area (TPSA) is 101 Å². The summed E-state index contributed by atoms with van der Waals surface area (Å²) >= 11 is 1.62. The van der Waals surface area contributed by atoms with E-state index in [1.54, 1.807) is 24.8 Å². The molecule has 0 radical (unpaired) electrons. The quantitative estimate of drug-likeness (QED) is 0.672. The van der Waals surface area contributed by atoms with Gasteiger partial charge in [-0.3, -0.25) is 9.59 Å². The number of nitrogens with zero attached hydrogens (tertiary/aromatic N) is 2. The van der Waals surface area contributed by atoms with Gasteiger partial charge in [0.2, 0.25) is 5.91 Å². The number of nitrogens with one attached hydrogen (secondary N) is 1. The summed E-state index contributed by atoms with van der Waals surface area (Å²) < 4.78 is 1.04. The molecule has 0 bridgehead atoms. The summed E-state index contributed by atoms with van der Waals surface area (Å²) in [5.74, 6) is -1.88. The number of hydrogen-bond donors (Lipinski definition) is 2. The number of carbonyl (C=O) groups is 2. The van der Waals surface area contributed by atoms with Crippen LogP contribution in [0.5, 0.6) is 0 Å². The number of aromatic nitrogens is 2. The molecule has 1 heterocycles. The van der Waals surface area contributed by atoms with Crippen molar-refractivity contribution in [3.63, 3.8) is 0 Å². The van der Waals surface area contributed by atoms with Gasteiger partial charge < -0.3 is 10.4 Å². The van der Waals surface area contributed by atoms with E-state index in [9.17, 15) is 19.5 Å². The number of carboxylic acids is 1. The van der Waals surface area contributed by atoms with E-state index in [4.69, 9.17) is 0 Å². The van der Waals surface area contributed by atoms with Crippen LogP contribution in [0.3, 0.4) is 0 Å². The maximum absolute atomic E-state index is 12.3. The first-order valence-electron chi connectivity index (χ1n) is 8.60. The number of rotatable bonds is 8. The third kappa shape index (κ3) is 5.43. The molecule has 2 aromatic rings. The molecule has 0 aliphatic carbocycles. The summed E-state index contributed by atoms with van der Waals surface area (Å²) in [6, 6.07) is 9.64. The molecular weight excluding hydrogens is 366 g/mol. The van der Waals surface area contributed by atoms with Crippen molar-refractivity contribution in [3.8, 4) is 11.3 Å². The van der Waals surface area contributed by atoms with Gasteiger partial charge in [-0.15, -0.1) is 11.8 Å². The fourth-order valence-electron chi connectivity index (χ4n) is 2.52. The first kappa shape index (κ1) is 20.7. The lowest BCUT2D eigenvalue weighted by Gasteiger charge is -2.20. The number of hydrogen-bond acceptors (Lipinski definition) is 5. The number of benzene rings is 1. The lowest BCUT2D eigenvalue weighted by atomic mass is 9.99. The molecular formula is C19H23N3O4S. The SMILES string of the molecule is CC[C@@H](C)[C@H](NC(=O)Cn1nc(-c2ccc(SC)cc2)ccc1=O)C(=O)O. The van der Waals surface area contributed by atoms with Gasteiger partial charge in [0.1, 0.15) is 12.6 Å². The van der Waals surface area contributed by atoms with Crippen molar-refractivity contribution in [2.45, 2.75) is 37.8 Å². The molecule has 0 saturated carbocycles. The zero-order chi connectivity index (χ0) is 20.0. The molecule has 0 unspecified atom stereocenters. The van der Waals surface area contributed by atoms with Crippen LogP contribution in [0.2, 0.25) is 0 Å². The summed E-state index contributed by atoms with van der Waals surface area (Å²) in [5, 5.41) is 16.0. The van der Waals surface area contributed by atoms with Gasteiger partial charge in [-0.05, 0) is 30.4 Å². The lowest BCUT2D eigenvalue weighted by molar-refractivity contribution is -0.143. The van der Waals surface area contributed by atoms with Gasteiger partial charge in [0.25, 0.3) is 5.56 Å². The summed E-state index contributed by atoms with van der Waals surface area (Å²) in [6.07, 6.45) is 2.59. The molecule has 2 rings (SSSR count). The van der Waals surface area contributed by atoms with Gasteiger partial charge >= 0.3 is 5.97 Å². The average molecular weight is 389 g/mol. The maximum atomic E-state index is 12.3. The maximum Gasteiger partial charge on any atom is 0.326 e. The average Bonchev–Trinajstić information content (AvgIpc) is 2.67. The minimum absolute atomic E-state index is 0.225. The van der Waals surface area contributed by atoms with Crippen LogP contribution in [0.25, 0.3) is 11.3 Å². The van der Waals surface area contributed by atoms with E-state index in [-0.39, 0.29) is 12.5 Å². The van der Waals surface area contributed by atoms with Gasteiger partial charge in [0.05, 0.1) is 5.69 Å². The number of carbonyl (C=O) groups excluding carboxylic acids is 1. The smallest absolute Gasteiger partial charge is 0.326 e. The Kier molecular flexibility index (Phi) is 7.18. The predicted molar refractivity (Wildman–Crippen MR) is 105 cm³/mol. The van der Waals surface area contributed by atoms with Crippen molar-refractivity contribution in [2.75, 3.05) is 6.26 Å². The van der Waals surface area contributed by atoms with E-state index in [0.29, 0.717) is 12.1 Å². The summed E-state index contributed by atoms with van der Waals surface area (Å²) in [5.41, 5.74) is 0.960. The molecule has 2 atom stereocenters. The highest BCUT2D eigenvalue weighted by Gasteiger charge is 2.25. The van der Waals surface area contributed by atoms with E-state index in [2.05, 4.69) is 10.4 Å². The summed E-state index contributed by atoms with van der Waals surface area (Å²) in [7, 11) is 0. The van der Waals surface area contributed by atoms with Crippen LogP contribution in [-0.4, -0.2) is 39.1 Å². The minimum Gasteiger partial charge on any atom is -0.480 e. The van der Waals surface area contributed by atoms with Crippen LogP contribution in [0.1, 0.15) is 20.3 Å². The fourth-order valence-corrected chi connectivity index (χ4v) is 2.92. The molecule has 8 heteroatoms. The standard InChI is InChI=1S/C19H23N3O4S/c1-4-12(2)18(19(25)26)20-16(23)11-22-17(24)10-9-15(21-22)13-5-7-14(27-3)8-6-13/h5-10,12,18H,4,11H2,1-3H3,(H,20,23)(H,25,26)/t12-,18+/m1/s1. The van der Waals surface area contributed by atoms with Crippen LogP contribution in [-0.2, 0) is 16.1 Å². The van der Waals surface area contributed by atoms with Gasteiger partial charge in [-0.25, -0.2) is 9.48 Å². The van der Waals surface area contributed by atoms with Crippen LogP contribution in [0.15, 0.2) is 46.1 Å². The van der Waals surface area contributed by atoms with Gasteiger partial charge in [-0.1, -0.05) is 32.4 Å². The number of carboxylic acid groups (broad SMARTS) is 1. The molecule has 1 amide bonds. The van der Waals surface area contributed by atoms with Gasteiger partial charge in [0.15, 0.2) is 0 Å². The third-order valence-corrected chi connectivity index (χ3v) is 5.08.